The standard InChI is InChI=1S/C31H62N2/c1-4-7-10-12-14-16-18-20-22-24-27-32-29-30-33(31(32)26-9-6-3)28-25-23-21-19-17-15-13-11-8-5-2/h29-31H,4-28H2,1-3H3. The zero-order valence-electron chi connectivity index (χ0n) is 23.3. The minimum Gasteiger partial charge on any atom is -0.356 e. The van der Waals surface area contributed by atoms with E-state index in [0.717, 1.165) is 0 Å². The third-order valence-corrected chi connectivity index (χ3v) is 7.57. The van der Waals surface area contributed by atoms with Gasteiger partial charge in [0, 0.05) is 25.5 Å². The molecule has 0 spiro atoms. The van der Waals surface area contributed by atoms with Gasteiger partial charge >= 0.3 is 0 Å². The zero-order valence-corrected chi connectivity index (χ0v) is 23.3. The fourth-order valence-corrected chi connectivity index (χ4v) is 5.29. The molecule has 0 bridgehead atoms. The average molecular weight is 463 g/mol. The topological polar surface area (TPSA) is 6.48 Å². The molecular weight excluding hydrogens is 400 g/mol. The lowest BCUT2D eigenvalue weighted by Gasteiger charge is -2.33. The molecule has 0 aromatic carbocycles. The Morgan fingerprint density at radius 1 is 0.394 bits per heavy atom. The summed E-state index contributed by atoms with van der Waals surface area (Å²) in [5, 5.41) is 0. The fourth-order valence-electron chi connectivity index (χ4n) is 5.29. The van der Waals surface area contributed by atoms with E-state index in [-0.39, 0.29) is 0 Å². The van der Waals surface area contributed by atoms with Crippen LogP contribution in [0.1, 0.15) is 168 Å². The zero-order chi connectivity index (χ0) is 23.8. The van der Waals surface area contributed by atoms with Crippen molar-refractivity contribution in [1.82, 2.24) is 9.80 Å². The highest BCUT2D eigenvalue weighted by atomic mass is 15.4. The molecule has 0 radical (unpaired) electrons. The van der Waals surface area contributed by atoms with Crippen LogP contribution in [0.2, 0.25) is 0 Å². The molecule has 0 amide bonds. The minimum atomic E-state index is 0.641. The van der Waals surface area contributed by atoms with Crippen LogP contribution in [-0.2, 0) is 0 Å². The predicted octanol–water partition coefficient (Wildman–Crippen LogP) is 10.4. The molecule has 1 aliphatic rings. The molecule has 0 saturated carbocycles. The summed E-state index contributed by atoms with van der Waals surface area (Å²) in [4.78, 5) is 5.33. The van der Waals surface area contributed by atoms with Crippen molar-refractivity contribution in [3.63, 3.8) is 0 Å². The minimum absolute atomic E-state index is 0.641. The summed E-state index contributed by atoms with van der Waals surface area (Å²) in [6, 6.07) is 0. The molecule has 2 heteroatoms. The maximum Gasteiger partial charge on any atom is 0.101 e. The maximum absolute atomic E-state index is 2.66. The van der Waals surface area contributed by atoms with E-state index in [2.05, 4.69) is 43.0 Å². The van der Waals surface area contributed by atoms with Crippen LogP contribution in [0.25, 0.3) is 0 Å². The van der Waals surface area contributed by atoms with E-state index in [0.29, 0.717) is 6.17 Å². The van der Waals surface area contributed by atoms with Crippen molar-refractivity contribution in [2.24, 2.45) is 0 Å². The van der Waals surface area contributed by atoms with E-state index in [9.17, 15) is 0 Å². The molecule has 0 aliphatic carbocycles. The summed E-state index contributed by atoms with van der Waals surface area (Å²) in [5.41, 5.74) is 0. The van der Waals surface area contributed by atoms with E-state index in [4.69, 9.17) is 0 Å². The van der Waals surface area contributed by atoms with Crippen LogP contribution in [0.4, 0.5) is 0 Å². The summed E-state index contributed by atoms with van der Waals surface area (Å²) in [6.45, 7) is 9.46. The molecule has 0 fully saturated rings. The summed E-state index contributed by atoms with van der Waals surface area (Å²) >= 11 is 0. The number of hydrogen-bond acceptors (Lipinski definition) is 2. The maximum atomic E-state index is 2.66. The van der Waals surface area contributed by atoms with Crippen LogP contribution in [0.15, 0.2) is 12.4 Å². The van der Waals surface area contributed by atoms with E-state index in [1.807, 2.05) is 0 Å². The largest absolute Gasteiger partial charge is 0.356 e. The first-order chi connectivity index (χ1) is 16.3. The van der Waals surface area contributed by atoms with Crippen LogP contribution < -0.4 is 0 Å². The monoisotopic (exact) mass is 462 g/mol. The molecule has 33 heavy (non-hydrogen) atoms. The molecule has 0 saturated heterocycles. The first-order valence-electron chi connectivity index (χ1n) is 15.5. The van der Waals surface area contributed by atoms with Crippen LogP contribution in [0.3, 0.4) is 0 Å². The van der Waals surface area contributed by atoms with Gasteiger partial charge in [0.25, 0.3) is 0 Å². The van der Waals surface area contributed by atoms with E-state index in [1.165, 1.54) is 161 Å². The van der Waals surface area contributed by atoms with Crippen molar-refractivity contribution < 1.29 is 0 Å². The Bertz CT molecular complexity index is 385. The Labute approximate surface area is 210 Å². The van der Waals surface area contributed by atoms with Crippen LogP contribution in [-0.4, -0.2) is 29.1 Å². The summed E-state index contributed by atoms with van der Waals surface area (Å²) in [6.07, 6.45) is 38.0. The summed E-state index contributed by atoms with van der Waals surface area (Å²) in [5.74, 6) is 0. The lowest BCUT2D eigenvalue weighted by molar-refractivity contribution is 0.136. The molecule has 0 aromatic rings. The van der Waals surface area contributed by atoms with E-state index >= 15 is 0 Å². The summed E-state index contributed by atoms with van der Waals surface area (Å²) in [7, 11) is 0. The van der Waals surface area contributed by atoms with Crippen molar-refractivity contribution in [1.29, 1.82) is 0 Å². The molecule has 0 aromatic heterocycles. The van der Waals surface area contributed by atoms with Crippen molar-refractivity contribution in [3.8, 4) is 0 Å². The SMILES string of the molecule is CCCCCCCCCCCCN1C=CN(CCCCCCCCCCCC)C1CCCC. The molecule has 1 rings (SSSR count). The van der Waals surface area contributed by atoms with Gasteiger partial charge in [0.1, 0.15) is 6.17 Å². The Morgan fingerprint density at radius 2 is 0.697 bits per heavy atom. The lowest BCUT2D eigenvalue weighted by Crippen LogP contribution is -2.39. The molecule has 0 N–H and O–H groups in total. The Kier molecular flexibility index (Phi) is 21.3. The van der Waals surface area contributed by atoms with Gasteiger partial charge in [-0.1, -0.05) is 143 Å². The Balaban J connectivity index is 2.09. The van der Waals surface area contributed by atoms with Crippen LogP contribution in [0, 0.1) is 0 Å². The second-order valence-corrected chi connectivity index (χ2v) is 10.8. The number of unbranched alkanes of at least 4 members (excludes halogenated alkanes) is 19. The molecule has 1 aliphatic heterocycles. The third-order valence-electron chi connectivity index (χ3n) is 7.57. The van der Waals surface area contributed by atoms with Gasteiger partial charge < -0.3 is 9.80 Å². The normalized spacial score (nSPS) is 14.2. The van der Waals surface area contributed by atoms with Crippen LogP contribution >= 0.6 is 0 Å². The van der Waals surface area contributed by atoms with Gasteiger partial charge in [-0.2, -0.15) is 0 Å². The van der Waals surface area contributed by atoms with Crippen LogP contribution in [0.5, 0.6) is 0 Å². The molecule has 0 unspecified atom stereocenters. The molecular formula is C31H62N2. The predicted molar refractivity (Wildman–Crippen MR) is 150 cm³/mol. The van der Waals surface area contributed by atoms with Crippen molar-refractivity contribution in [3.05, 3.63) is 12.4 Å². The van der Waals surface area contributed by atoms with Gasteiger partial charge in [-0.25, -0.2) is 0 Å². The quantitative estimate of drug-likeness (QED) is 0.124. The smallest absolute Gasteiger partial charge is 0.101 e. The Morgan fingerprint density at radius 3 is 1.03 bits per heavy atom. The lowest BCUT2D eigenvalue weighted by atomic mass is 10.1. The Hall–Kier alpha value is -0.660. The molecule has 2 nitrogen and oxygen atoms in total. The van der Waals surface area contributed by atoms with Crippen molar-refractivity contribution in [2.45, 2.75) is 175 Å². The number of hydrogen-bond donors (Lipinski definition) is 0. The second-order valence-electron chi connectivity index (χ2n) is 10.8. The van der Waals surface area contributed by atoms with Gasteiger partial charge in [0.05, 0.1) is 0 Å². The van der Waals surface area contributed by atoms with Crippen molar-refractivity contribution in [2.75, 3.05) is 13.1 Å². The first kappa shape index (κ1) is 30.4. The number of rotatable bonds is 25. The fraction of sp³-hybridized carbons (Fsp3) is 0.935. The molecule has 196 valence electrons. The number of nitrogens with zero attached hydrogens (tertiary/aromatic N) is 2. The first-order valence-corrected chi connectivity index (χ1v) is 15.5. The molecule has 1 heterocycles. The third kappa shape index (κ3) is 16.6. The van der Waals surface area contributed by atoms with E-state index in [1.54, 1.807) is 0 Å². The van der Waals surface area contributed by atoms with E-state index < -0.39 is 0 Å². The van der Waals surface area contributed by atoms with Crippen molar-refractivity contribution >= 4 is 0 Å². The highest BCUT2D eigenvalue weighted by molar-refractivity contribution is 4.96. The van der Waals surface area contributed by atoms with Gasteiger partial charge in [-0.15, -0.1) is 0 Å². The van der Waals surface area contributed by atoms with Gasteiger partial charge in [-0.3, -0.25) is 0 Å². The average Bonchev–Trinajstić information content (AvgIpc) is 3.21. The van der Waals surface area contributed by atoms with Gasteiger partial charge in [0.2, 0.25) is 0 Å². The summed E-state index contributed by atoms with van der Waals surface area (Å²) < 4.78 is 0. The highest BCUT2D eigenvalue weighted by Crippen LogP contribution is 2.23. The van der Waals surface area contributed by atoms with Gasteiger partial charge in [-0.05, 0) is 25.7 Å². The molecule has 0 atom stereocenters. The second kappa shape index (κ2) is 23.1. The van der Waals surface area contributed by atoms with Gasteiger partial charge in [0.15, 0.2) is 0 Å². The highest BCUT2D eigenvalue weighted by Gasteiger charge is 2.24.